The normalized spacial score (nSPS) is 15.9. The van der Waals surface area contributed by atoms with Gasteiger partial charge < -0.3 is 19.9 Å². The van der Waals surface area contributed by atoms with Crippen LogP contribution < -0.4 is 15.5 Å². The van der Waals surface area contributed by atoms with E-state index >= 15 is 4.39 Å². The number of aromatic nitrogens is 3. The maximum atomic E-state index is 15.1. The van der Waals surface area contributed by atoms with E-state index in [1.807, 2.05) is 0 Å². The summed E-state index contributed by atoms with van der Waals surface area (Å²) in [7, 11) is -6.91. The van der Waals surface area contributed by atoms with Crippen molar-refractivity contribution >= 4 is 45.4 Å². The Morgan fingerprint density at radius 3 is 2.56 bits per heavy atom. The molecule has 1 saturated heterocycles. The van der Waals surface area contributed by atoms with Gasteiger partial charge in [0.05, 0.1) is 30.1 Å². The number of nitrogens with zero attached hydrogens (tertiary/aromatic N) is 4. The minimum absolute atomic E-state index is 0.112. The highest BCUT2D eigenvalue weighted by Gasteiger charge is 2.36. The van der Waals surface area contributed by atoms with Crippen LogP contribution in [0.5, 0.6) is 0 Å². The summed E-state index contributed by atoms with van der Waals surface area (Å²) in [4.78, 5) is 25.4. The zero-order valence-electron chi connectivity index (χ0n) is 21.0. The summed E-state index contributed by atoms with van der Waals surface area (Å²) in [6.07, 6.45) is 1.35. The number of hydrogen-bond acceptors (Lipinski definition) is 8. The number of rotatable bonds is 8. The average Bonchev–Trinajstić information content (AvgIpc) is 2.86. The number of aryl methyl sites for hydroxylation is 1. The lowest BCUT2D eigenvalue weighted by molar-refractivity contribution is -0.00153. The third-order valence-corrected chi connectivity index (χ3v) is 9.90. The first-order chi connectivity index (χ1) is 18.2. The lowest BCUT2D eigenvalue weighted by Gasteiger charge is -2.30. The predicted molar refractivity (Wildman–Crippen MR) is 139 cm³/mol. The molecular weight excluding hydrogens is 560 g/mol. The van der Waals surface area contributed by atoms with Gasteiger partial charge in [-0.05, 0) is 13.0 Å². The largest absolute Gasteiger partial charge is 0.465 e. The van der Waals surface area contributed by atoms with Crippen LogP contribution in [0, 0.1) is 12.7 Å². The first-order valence-electron chi connectivity index (χ1n) is 11.7. The topological polar surface area (TPSA) is 154 Å². The number of alkyl halides is 2. The van der Waals surface area contributed by atoms with Crippen molar-refractivity contribution in [1.82, 2.24) is 24.6 Å². The van der Waals surface area contributed by atoms with E-state index in [1.54, 1.807) is 17.7 Å². The zero-order chi connectivity index (χ0) is 28.6. The second kappa shape index (κ2) is 10.7. The van der Waals surface area contributed by atoms with E-state index in [-0.39, 0.29) is 43.3 Å². The Bertz CT molecular complexity index is 1580. The summed E-state index contributed by atoms with van der Waals surface area (Å²) in [6, 6.07) is 5.00. The fraction of sp³-hybridized carbons (Fsp3) is 0.391. The Labute approximate surface area is 222 Å². The van der Waals surface area contributed by atoms with Gasteiger partial charge in [0.2, 0.25) is 10.0 Å². The number of halogens is 3. The molecule has 16 heteroatoms. The molecule has 1 fully saturated rings. The maximum Gasteiger partial charge on any atom is 0.407 e. The third kappa shape index (κ3) is 6.48. The van der Waals surface area contributed by atoms with Crippen LogP contribution in [0.4, 0.5) is 23.8 Å². The monoisotopic (exact) mass is 586 g/mol. The molecule has 39 heavy (non-hydrogen) atoms. The fourth-order valence-electron chi connectivity index (χ4n) is 4.20. The molecule has 3 N–H and O–H groups in total. The summed E-state index contributed by atoms with van der Waals surface area (Å²) in [5, 5.41) is 12.5. The Morgan fingerprint density at radius 1 is 1.23 bits per heavy atom. The van der Waals surface area contributed by atoms with E-state index in [0.29, 0.717) is 22.2 Å². The van der Waals surface area contributed by atoms with Crippen molar-refractivity contribution in [2.75, 3.05) is 43.5 Å². The molecule has 0 saturated carbocycles. The first kappa shape index (κ1) is 28.7. The molecule has 1 amide bonds. The molecular formula is C23H26F3N6O5PS. The Hall–Kier alpha value is -3.29. The van der Waals surface area contributed by atoms with Gasteiger partial charge in [-0.3, -0.25) is 4.98 Å². The van der Waals surface area contributed by atoms with Crippen molar-refractivity contribution in [1.29, 1.82) is 0 Å². The summed E-state index contributed by atoms with van der Waals surface area (Å²) in [5.41, 5.74) is -0.364. The van der Waals surface area contributed by atoms with E-state index in [4.69, 9.17) is 0 Å². The minimum Gasteiger partial charge on any atom is -0.465 e. The standard InChI is InChI=1S/C23H26F3N6O5PS/c1-14-30-18-12-27-19(38(35)8-6-32(7-9-38)22(33)34)10-16(18)21(31-14)28-11-15-4-3-5-17(20(15)24)23(25,26)13-29-39(2,36)37/h3-5,10,12,29H,6-9,11,13H2,1-2H3,(H,33,34)(H,28,30,31). The van der Waals surface area contributed by atoms with E-state index in [2.05, 4.69) is 20.3 Å². The molecule has 0 aliphatic carbocycles. The average molecular weight is 587 g/mol. The summed E-state index contributed by atoms with van der Waals surface area (Å²) in [6.45, 7) is 0.307. The van der Waals surface area contributed by atoms with Crippen molar-refractivity contribution in [2.24, 2.45) is 0 Å². The third-order valence-electron chi connectivity index (χ3n) is 6.31. The van der Waals surface area contributed by atoms with Gasteiger partial charge in [-0.25, -0.2) is 32.3 Å². The molecule has 11 nitrogen and oxygen atoms in total. The second-order valence-corrected chi connectivity index (χ2v) is 14.2. The number of amides is 1. The highest BCUT2D eigenvalue weighted by atomic mass is 32.2. The SMILES string of the molecule is Cc1nc(NCc2cccc(C(F)(F)CNS(C)(=O)=O)c2F)c2cc(P3(=O)CCN(C(=O)O)CC3)ncc2n1. The predicted octanol–water partition coefficient (Wildman–Crippen LogP) is 2.71. The lowest BCUT2D eigenvalue weighted by Crippen LogP contribution is -2.40. The van der Waals surface area contributed by atoms with Gasteiger partial charge in [-0.2, -0.15) is 8.78 Å². The van der Waals surface area contributed by atoms with Crippen LogP contribution in [0.3, 0.4) is 0 Å². The number of anilines is 1. The van der Waals surface area contributed by atoms with Gasteiger partial charge in [0.25, 0.3) is 5.92 Å². The smallest absolute Gasteiger partial charge is 0.407 e. The van der Waals surface area contributed by atoms with Crippen LogP contribution in [0.25, 0.3) is 10.9 Å². The quantitative estimate of drug-likeness (QED) is 0.338. The van der Waals surface area contributed by atoms with E-state index in [0.717, 1.165) is 12.3 Å². The molecule has 0 radical (unpaired) electrons. The molecule has 0 bridgehead atoms. The minimum atomic E-state index is -3.91. The molecule has 0 spiro atoms. The number of fused-ring (bicyclic) bond motifs is 1. The van der Waals surface area contributed by atoms with Crippen LogP contribution in [0.15, 0.2) is 30.5 Å². The van der Waals surface area contributed by atoms with E-state index in [9.17, 15) is 31.7 Å². The summed E-state index contributed by atoms with van der Waals surface area (Å²) >= 11 is 0. The summed E-state index contributed by atoms with van der Waals surface area (Å²) < 4.78 is 82.1. The molecule has 3 heterocycles. The summed E-state index contributed by atoms with van der Waals surface area (Å²) in [5.74, 6) is -4.40. The van der Waals surface area contributed by atoms with E-state index < -0.39 is 47.1 Å². The molecule has 4 rings (SSSR count). The van der Waals surface area contributed by atoms with Gasteiger partial charge in [-0.15, -0.1) is 0 Å². The second-order valence-electron chi connectivity index (χ2n) is 9.22. The van der Waals surface area contributed by atoms with Gasteiger partial charge >= 0.3 is 6.09 Å². The molecule has 1 aliphatic heterocycles. The number of nitrogens with one attached hydrogen (secondary N) is 2. The number of sulfonamides is 1. The Kier molecular flexibility index (Phi) is 7.88. The molecule has 0 unspecified atom stereocenters. The van der Waals surface area contributed by atoms with E-state index in [1.165, 1.54) is 23.2 Å². The van der Waals surface area contributed by atoms with Crippen LogP contribution >= 0.6 is 7.14 Å². The maximum absolute atomic E-state index is 15.1. The fourth-order valence-corrected chi connectivity index (χ4v) is 7.08. The van der Waals surface area contributed by atoms with Crippen molar-refractivity contribution in [3.05, 3.63) is 53.2 Å². The highest BCUT2D eigenvalue weighted by molar-refractivity contribution is 7.88. The van der Waals surface area contributed by atoms with Gasteiger partial charge in [0, 0.05) is 42.9 Å². The highest BCUT2D eigenvalue weighted by Crippen LogP contribution is 2.46. The van der Waals surface area contributed by atoms with Crippen molar-refractivity contribution in [3.8, 4) is 0 Å². The molecule has 2 aromatic heterocycles. The number of benzene rings is 1. The first-order valence-corrected chi connectivity index (χ1v) is 15.7. The van der Waals surface area contributed by atoms with Gasteiger partial charge in [0.15, 0.2) is 0 Å². The Morgan fingerprint density at radius 2 is 1.92 bits per heavy atom. The number of pyridine rings is 1. The van der Waals surface area contributed by atoms with Crippen LogP contribution in [-0.4, -0.2) is 77.7 Å². The number of carboxylic acid groups (broad SMARTS) is 1. The zero-order valence-corrected chi connectivity index (χ0v) is 22.7. The van der Waals surface area contributed by atoms with Crippen molar-refractivity contribution in [3.63, 3.8) is 0 Å². The number of hydrogen-bond donors (Lipinski definition) is 3. The van der Waals surface area contributed by atoms with Crippen LogP contribution in [0.1, 0.15) is 17.0 Å². The van der Waals surface area contributed by atoms with Gasteiger partial charge in [0.1, 0.15) is 30.0 Å². The number of carbonyl (C=O) groups is 1. The molecule has 1 aromatic carbocycles. The van der Waals surface area contributed by atoms with Crippen LogP contribution in [0.2, 0.25) is 0 Å². The molecule has 210 valence electrons. The molecule has 3 aromatic rings. The van der Waals surface area contributed by atoms with Crippen molar-refractivity contribution < 1.29 is 36.1 Å². The Balaban J connectivity index is 1.61. The van der Waals surface area contributed by atoms with Crippen LogP contribution in [-0.2, 0) is 27.1 Å². The lowest BCUT2D eigenvalue weighted by atomic mass is 10.0. The molecule has 1 aliphatic rings. The van der Waals surface area contributed by atoms with Gasteiger partial charge in [-0.1, -0.05) is 18.2 Å². The molecule has 0 atom stereocenters. The van der Waals surface area contributed by atoms with Crippen molar-refractivity contribution in [2.45, 2.75) is 19.4 Å².